The smallest absolute Gasteiger partial charge is 0.138 e. The van der Waals surface area contributed by atoms with Gasteiger partial charge in [-0.15, -0.1) is 0 Å². The van der Waals surface area contributed by atoms with Crippen molar-refractivity contribution in [3.8, 4) is 0 Å². The van der Waals surface area contributed by atoms with Gasteiger partial charge in [-0.3, -0.25) is 4.79 Å². The number of rotatable bonds is 4. The minimum Gasteiger partial charge on any atom is -0.379 e. The fourth-order valence-corrected chi connectivity index (χ4v) is 2.38. The highest BCUT2D eigenvalue weighted by atomic mass is 35.5. The van der Waals surface area contributed by atoms with Crippen LogP contribution in [0.1, 0.15) is 12.0 Å². The van der Waals surface area contributed by atoms with E-state index in [2.05, 4.69) is 5.32 Å². The van der Waals surface area contributed by atoms with E-state index >= 15 is 0 Å². The van der Waals surface area contributed by atoms with Gasteiger partial charge in [-0.05, 0) is 11.6 Å². The van der Waals surface area contributed by atoms with Gasteiger partial charge in [-0.1, -0.05) is 35.3 Å². The lowest BCUT2D eigenvalue weighted by atomic mass is 10.0. The first-order chi connectivity index (χ1) is 8.66. The van der Waals surface area contributed by atoms with Gasteiger partial charge >= 0.3 is 0 Å². The number of hydrogen-bond acceptors (Lipinski definition) is 3. The highest BCUT2D eigenvalue weighted by Gasteiger charge is 2.18. The van der Waals surface area contributed by atoms with Crippen LogP contribution in [0.25, 0.3) is 0 Å². The zero-order valence-corrected chi connectivity index (χ0v) is 11.4. The second-order valence-corrected chi connectivity index (χ2v) is 5.14. The van der Waals surface area contributed by atoms with Crippen molar-refractivity contribution in [2.45, 2.75) is 18.9 Å². The molecule has 0 aliphatic carbocycles. The second-order valence-electron chi connectivity index (χ2n) is 4.36. The topological polar surface area (TPSA) is 38.3 Å². The minimum atomic E-state index is 0.115. The van der Waals surface area contributed by atoms with Crippen molar-refractivity contribution in [3.05, 3.63) is 33.8 Å². The van der Waals surface area contributed by atoms with E-state index in [0.717, 1.165) is 12.1 Å². The molecule has 98 valence electrons. The Morgan fingerprint density at radius 1 is 1.44 bits per heavy atom. The van der Waals surface area contributed by atoms with Crippen LogP contribution in [0.15, 0.2) is 18.2 Å². The van der Waals surface area contributed by atoms with Gasteiger partial charge in [0.05, 0.1) is 23.3 Å². The molecule has 1 aromatic carbocycles. The maximum atomic E-state index is 11.9. The summed E-state index contributed by atoms with van der Waals surface area (Å²) in [6, 6.07) is 5.47. The van der Waals surface area contributed by atoms with E-state index < -0.39 is 0 Å². The second kappa shape index (κ2) is 6.53. The van der Waals surface area contributed by atoms with Crippen LogP contribution in [0, 0.1) is 0 Å². The van der Waals surface area contributed by atoms with Crippen molar-refractivity contribution in [1.29, 1.82) is 0 Å². The van der Waals surface area contributed by atoms with Crippen molar-refractivity contribution in [2.75, 3.05) is 19.8 Å². The van der Waals surface area contributed by atoms with Crippen LogP contribution >= 0.6 is 23.2 Å². The molecule has 2 rings (SSSR count). The van der Waals surface area contributed by atoms with Crippen LogP contribution in [0.5, 0.6) is 0 Å². The van der Waals surface area contributed by atoms with Gasteiger partial charge < -0.3 is 10.1 Å². The molecule has 1 aromatic rings. The maximum Gasteiger partial charge on any atom is 0.138 e. The van der Waals surface area contributed by atoms with E-state index in [9.17, 15) is 4.79 Å². The van der Waals surface area contributed by atoms with Crippen molar-refractivity contribution >= 4 is 29.0 Å². The molecule has 0 saturated carbocycles. The number of ketones is 1. The molecule has 5 heteroatoms. The molecule has 0 aromatic heterocycles. The van der Waals surface area contributed by atoms with Crippen LogP contribution < -0.4 is 5.32 Å². The van der Waals surface area contributed by atoms with Gasteiger partial charge in [0, 0.05) is 25.4 Å². The van der Waals surface area contributed by atoms with Gasteiger partial charge in [-0.2, -0.15) is 0 Å². The summed E-state index contributed by atoms with van der Waals surface area (Å²) in [6.07, 6.45) is 0.778. The molecule has 0 spiro atoms. The summed E-state index contributed by atoms with van der Waals surface area (Å²) >= 11 is 12.0. The summed E-state index contributed by atoms with van der Waals surface area (Å²) in [5.74, 6) is 0.141. The number of benzene rings is 1. The number of halogens is 2. The Balaban J connectivity index is 1.92. The van der Waals surface area contributed by atoms with Crippen molar-refractivity contribution in [3.63, 3.8) is 0 Å². The third-order valence-electron chi connectivity index (χ3n) is 2.89. The lowest BCUT2D eigenvalue weighted by Gasteiger charge is -2.23. The fourth-order valence-electron chi connectivity index (χ4n) is 2.00. The Labute approximate surface area is 116 Å². The molecule has 1 saturated heterocycles. The van der Waals surface area contributed by atoms with Crippen molar-refractivity contribution in [2.24, 2.45) is 0 Å². The zero-order valence-electron chi connectivity index (χ0n) is 9.92. The summed E-state index contributed by atoms with van der Waals surface area (Å²) in [6.45, 7) is 2.11. The fraction of sp³-hybridized carbons (Fsp3) is 0.462. The zero-order chi connectivity index (χ0) is 13.0. The Kier molecular flexibility index (Phi) is 5.01. The van der Waals surface area contributed by atoms with Crippen LogP contribution in [-0.2, 0) is 16.0 Å². The monoisotopic (exact) mass is 287 g/mol. The van der Waals surface area contributed by atoms with E-state index in [0.29, 0.717) is 36.1 Å². The van der Waals surface area contributed by atoms with E-state index in [1.165, 1.54) is 0 Å². The largest absolute Gasteiger partial charge is 0.379 e. The first-order valence-electron chi connectivity index (χ1n) is 5.92. The summed E-state index contributed by atoms with van der Waals surface area (Å²) < 4.78 is 5.31. The third kappa shape index (κ3) is 3.69. The molecule has 0 amide bonds. The standard InChI is InChI=1S/C13H15Cl2NO2/c14-12-3-1-2-9(13(12)15)6-11(17)7-10-8-18-5-4-16-10/h1-3,10,16H,4-8H2. The summed E-state index contributed by atoms with van der Waals surface area (Å²) in [7, 11) is 0. The Bertz CT molecular complexity index is 431. The Hall–Kier alpha value is -0.610. The first kappa shape index (κ1) is 13.8. The maximum absolute atomic E-state index is 11.9. The normalized spacial score (nSPS) is 19.8. The molecule has 1 unspecified atom stereocenters. The van der Waals surface area contributed by atoms with Gasteiger partial charge in [0.15, 0.2) is 0 Å². The van der Waals surface area contributed by atoms with E-state index in [1.54, 1.807) is 12.1 Å². The van der Waals surface area contributed by atoms with Gasteiger partial charge in [-0.25, -0.2) is 0 Å². The lowest BCUT2D eigenvalue weighted by molar-refractivity contribution is -0.119. The molecular weight excluding hydrogens is 273 g/mol. The highest BCUT2D eigenvalue weighted by Crippen LogP contribution is 2.26. The molecule has 0 bridgehead atoms. The summed E-state index contributed by atoms with van der Waals surface area (Å²) in [5, 5.41) is 4.22. The number of nitrogens with one attached hydrogen (secondary N) is 1. The van der Waals surface area contributed by atoms with E-state index in [4.69, 9.17) is 27.9 Å². The molecule has 0 radical (unpaired) electrons. The van der Waals surface area contributed by atoms with Gasteiger partial charge in [0.1, 0.15) is 5.78 Å². The molecule has 18 heavy (non-hydrogen) atoms. The summed E-state index contributed by atoms with van der Waals surface area (Å²) in [4.78, 5) is 11.9. The van der Waals surface area contributed by atoms with Gasteiger partial charge in [0.25, 0.3) is 0 Å². The third-order valence-corrected chi connectivity index (χ3v) is 3.75. The quantitative estimate of drug-likeness (QED) is 0.925. The Morgan fingerprint density at radius 3 is 3.00 bits per heavy atom. The first-order valence-corrected chi connectivity index (χ1v) is 6.68. The number of carbonyl (C=O) groups is 1. The highest BCUT2D eigenvalue weighted by molar-refractivity contribution is 6.42. The molecule has 3 nitrogen and oxygen atoms in total. The molecule has 1 fully saturated rings. The number of ether oxygens (including phenoxy) is 1. The number of hydrogen-bond donors (Lipinski definition) is 1. The predicted octanol–water partition coefficient (Wildman–Crippen LogP) is 2.48. The van der Waals surface area contributed by atoms with E-state index in [-0.39, 0.29) is 11.8 Å². The average Bonchev–Trinajstić information content (AvgIpc) is 2.36. The van der Waals surface area contributed by atoms with Crippen LogP contribution in [0.4, 0.5) is 0 Å². The number of morpholine rings is 1. The van der Waals surface area contributed by atoms with Crippen LogP contribution in [-0.4, -0.2) is 31.6 Å². The van der Waals surface area contributed by atoms with Crippen LogP contribution in [0.2, 0.25) is 10.0 Å². The molecule has 1 atom stereocenters. The Morgan fingerprint density at radius 2 is 2.28 bits per heavy atom. The number of Topliss-reactive ketones (excluding diaryl/α,β-unsaturated/α-hetero) is 1. The SMILES string of the molecule is O=C(Cc1cccc(Cl)c1Cl)CC1COCCN1. The minimum absolute atomic E-state index is 0.115. The van der Waals surface area contributed by atoms with Crippen molar-refractivity contribution < 1.29 is 9.53 Å². The number of carbonyl (C=O) groups excluding carboxylic acids is 1. The average molecular weight is 288 g/mol. The van der Waals surface area contributed by atoms with Crippen LogP contribution in [0.3, 0.4) is 0 Å². The molecule has 1 aliphatic rings. The van der Waals surface area contributed by atoms with E-state index in [1.807, 2.05) is 6.07 Å². The summed E-state index contributed by atoms with van der Waals surface area (Å²) in [5.41, 5.74) is 0.783. The molecule has 1 aliphatic heterocycles. The lowest BCUT2D eigenvalue weighted by Crippen LogP contribution is -2.42. The van der Waals surface area contributed by atoms with Crippen molar-refractivity contribution in [1.82, 2.24) is 5.32 Å². The van der Waals surface area contributed by atoms with Gasteiger partial charge in [0.2, 0.25) is 0 Å². The molecule has 1 N–H and O–H groups in total. The molecular formula is C13H15Cl2NO2. The molecule has 1 heterocycles. The predicted molar refractivity (Wildman–Crippen MR) is 72.4 cm³/mol.